The molecule has 1 aromatic carbocycles. The molecule has 0 spiro atoms. The lowest BCUT2D eigenvalue weighted by molar-refractivity contribution is -0.127. The molecule has 2 bridgehead atoms. The molecule has 6 nitrogen and oxygen atoms in total. The van der Waals surface area contributed by atoms with Gasteiger partial charge in [0.05, 0.1) is 12.5 Å². The highest BCUT2D eigenvalue weighted by Crippen LogP contribution is 2.47. The maximum Gasteiger partial charge on any atom is 0.225 e. The normalized spacial score (nSPS) is 26.0. The fourth-order valence-corrected chi connectivity index (χ4v) is 4.30. The van der Waals surface area contributed by atoms with E-state index in [1.807, 2.05) is 12.1 Å². The number of hydrogen-bond donors (Lipinski definition) is 2. The van der Waals surface area contributed by atoms with Crippen LogP contribution in [0.4, 0.5) is 0 Å². The number of nitrogens with two attached hydrogens (primary N) is 1. The van der Waals surface area contributed by atoms with E-state index in [0.717, 1.165) is 24.0 Å². The Labute approximate surface area is 165 Å². The van der Waals surface area contributed by atoms with E-state index in [9.17, 15) is 4.79 Å². The summed E-state index contributed by atoms with van der Waals surface area (Å²) in [5.74, 6) is 1.19. The van der Waals surface area contributed by atoms with E-state index >= 15 is 0 Å². The first kappa shape index (κ1) is 20.7. The molecule has 2 saturated carbocycles. The summed E-state index contributed by atoms with van der Waals surface area (Å²) in [7, 11) is 0. The van der Waals surface area contributed by atoms with Crippen molar-refractivity contribution in [2.75, 3.05) is 0 Å². The number of halogens is 2. The largest absolute Gasteiger partial charge is 0.352 e. The van der Waals surface area contributed by atoms with Gasteiger partial charge in [-0.2, -0.15) is 5.10 Å². The van der Waals surface area contributed by atoms with Crippen molar-refractivity contribution in [3.8, 4) is 0 Å². The highest BCUT2D eigenvalue weighted by atomic mass is 35.5. The van der Waals surface area contributed by atoms with Gasteiger partial charge in [0.1, 0.15) is 12.7 Å². The number of carbonyl (C=O) groups is 1. The van der Waals surface area contributed by atoms with E-state index in [2.05, 4.69) is 27.5 Å². The summed E-state index contributed by atoms with van der Waals surface area (Å²) in [6.07, 6.45) is 6.73. The maximum absolute atomic E-state index is 12.5. The van der Waals surface area contributed by atoms with E-state index in [1.54, 1.807) is 11.0 Å². The minimum atomic E-state index is 0. The van der Waals surface area contributed by atoms with Crippen molar-refractivity contribution in [1.82, 2.24) is 20.1 Å². The van der Waals surface area contributed by atoms with Gasteiger partial charge in [-0.25, -0.2) is 9.67 Å². The van der Waals surface area contributed by atoms with Crippen molar-refractivity contribution in [2.24, 2.45) is 23.5 Å². The van der Waals surface area contributed by atoms with Crippen LogP contribution in [0.5, 0.6) is 0 Å². The molecule has 2 aliphatic rings. The van der Waals surface area contributed by atoms with Crippen LogP contribution < -0.4 is 11.1 Å². The molecule has 2 fully saturated rings. The molecule has 1 amide bonds. The second-order valence-electron chi connectivity index (χ2n) is 7.06. The fourth-order valence-electron chi connectivity index (χ4n) is 4.30. The Morgan fingerprint density at radius 2 is 1.85 bits per heavy atom. The highest BCUT2D eigenvalue weighted by molar-refractivity contribution is 5.85. The average Bonchev–Trinajstić information content (AvgIpc) is 3.31. The second-order valence-corrected chi connectivity index (χ2v) is 7.06. The van der Waals surface area contributed by atoms with Gasteiger partial charge in [-0.15, -0.1) is 24.8 Å². The number of aromatic nitrogens is 3. The zero-order chi connectivity index (χ0) is 16.5. The first-order valence-electron chi connectivity index (χ1n) is 8.64. The van der Waals surface area contributed by atoms with Crippen molar-refractivity contribution in [3.63, 3.8) is 0 Å². The Balaban J connectivity index is 0.00000121. The Hall–Kier alpha value is -1.63. The van der Waals surface area contributed by atoms with Crippen molar-refractivity contribution >= 4 is 30.7 Å². The SMILES string of the molecule is Cl.Cl.NC1C2CCC(C2)C1C(=O)NCc1ccc(Cn2cncn2)cc1. The van der Waals surface area contributed by atoms with Crippen molar-refractivity contribution in [3.05, 3.63) is 48.0 Å². The third kappa shape index (κ3) is 4.19. The molecule has 0 aliphatic heterocycles. The molecule has 4 rings (SSSR count). The molecular weight excluding hydrogens is 373 g/mol. The van der Waals surface area contributed by atoms with Crippen LogP contribution in [0.3, 0.4) is 0 Å². The van der Waals surface area contributed by atoms with E-state index in [4.69, 9.17) is 5.73 Å². The van der Waals surface area contributed by atoms with Crippen LogP contribution in [-0.4, -0.2) is 26.7 Å². The predicted molar refractivity (Wildman–Crippen MR) is 104 cm³/mol. The molecule has 3 N–H and O–H groups in total. The van der Waals surface area contributed by atoms with Gasteiger partial charge >= 0.3 is 0 Å². The van der Waals surface area contributed by atoms with Crippen LogP contribution in [0.1, 0.15) is 30.4 Å². The van der Waals surface area contributed by atoms with Crippen molar-refractivity contribution in [2.45, 2.75) is 38.4 Å². The number of benzene rings is 1. The first-order valence-corrected chi connectivity index (χ1v) is 8.64. The summed E-state index contributed by atoms with van der Waals surface area (Å²) in [5.41, 5.74) is 8.50. The lowest BCUT2D eigenvalue weighted by atomic mass is 9.84. The average molecular weight is 398 g/mol. The summed E-state index contributed by atoms with van der Waals surface area (Å²) in [4.78, 5) is 16.4. The number of carbonyl (C=O) groups excluding carboxylic acids is 1. The first-order chi connectivity index (χ1) is 11.7. The number of amides is 1. The summed E-state index contributed by atoms with van der Waals surface area (Å²) >= 11 is 0. The van der Waals surface area contributed by atoms with E-state index in [0.29, 0.717) is 24.9 Å². The van der Waals surface area contributed by atoms with E-state index < -0.39 is 0 Å². The molecule has 0 radical (unpaired) electrons. The number of nitrogens with zero attached hydrogens (tertiary/aromatic N) is 3. The van der Waals surface area contributed by atoms with Gasteiger partial charge in [0.2, 0.25) is 5.91 Å². The second kappa shape index (κ2) is 8.84. The van der Waals surface area contributed by atoms with E-state index in [1.165, 1.54) is 12.7 Å². The summed E-state index contributed by atoms with van der Waals surface area (Å²) < 4.78 is 1.79. The monoisotopic (exact) mass is 397 g/mol. The van der Waals surface area contributed by atoms with Gasteiger partial charge in [0, 0.05) is 12.6 Å². The number of rotatable bonds is 5. The predicted octanol–water partition coefficient (Wildman–Crippen LogP) is 2.16. The molecular formula is C18H25Cl2N5O. The Bertz CT molecular complexity index is 705. The third-order valence-electron chi connectivity index (χ3n) is 5.58. The van der Waals surface area contributed by atoms with Crippen LogP contribution in [0, 0.1) is 17.8 Å². The smallest absolute Gasteiger partial charge is 0.225 e. The molecule has 4 unspecified atom stereocenters. The van der Waals surface area contributed by atoms with Crippen LogP contribution >= 0.6 is 24.8 Å². The zero-order valence-corrected chi connectivity index (χ0v) is 16.1. The van der Waals surface area contributed by atoms with Gasteiger partial charge < -0.3 is 11.1 Å². The van der Waals surface area contributed by atoms with Crippen LogP contribution in [0.25, 0.3) is 0 Å². The number of hydrogen-bond acceptors (Lipinski definition) is 4. The molecule has 26 heavy (non-hydrogen) atoms. The Kier molecular flexibility index (Phi) is 7.03. The molecule has 1 heterocycles. The lowest BCUT2D eigenvalue weighted by Gasteiger charge is -2.27. The Morgan fingerprint density at radius 3 is 2.46 bits per heavy atom. The van der Waals surface area contributed by atoms with Gasteiger partial charge in [0.25, 0.3) is 0 Å². The maximum atomic E-state index is 12.5. The Morgan fingerprint density at radius 1 is 1.15 bits per heavy atom. The molecule has 0 saturated heterocycles. The molecule has 142 valence electrons. The quantitative estimate of drug-likeness (QED) is 0.808. The minimum absolute atomic E-state index is 0. The minimum Gasteiger partial charge on any atom is -0.352 e. The summed E-state index contributed by atoms with van der Waals surface area (Å²) in [5, 5.41) is 7.17. The topological polar surface area (TPSA) is 85.8 Å². The number of fused-ring (bicyclic) bond motifs is 2. The molecule has 4 atom stereocenters. The van der Waals surface area contributed by atoms with Gasteiger partial charge in [-0.3, -0.25) is 4.79 Å². The van der Waals surface area contributed by atoms with Gasteiger partial charge in [-0.1, -0.05) is 24.3 Å². The number of nitrogens with one attached hydrogen (secondary N) is 1. The van der Waals surface area contributed by atoms with Crippen molar-refractivity contribution < 1.29 is 4.79 Å². The molecule has 2 aromatic rings. The van der Waals surface area contributed by atoms with Crippen molar-refractivity contribution in [1.29, 1.82) is 0 Å². The van der Waals surface area contributed by atoms with Gasteiger partial charge in [0.15, 0.2) is 0 Å². The summed E-state index contributed by atoms with van der Waals surface area (Å²) in [6.45, 7) is 1.26. The fraction of sp³-hybridized carbons (Fsp3) is 0.500. The molecule has 1 aromatic heterocycles. The third-order valence-corrected chi connectivity index (χ3v) is 5.58. The lowest BCUT2D eigenvalue weighted by Crippen LogP contribution is -2.45. The summed E-state index contributed by atoms with van der Waals surface area (Å²) in [6, 6.07) is 8.27. The van der Waals surface area contributed by atoms with Crippen LogP contribution in [0.15, 0.2) is 36.9 Å². The highest BCUT2D eigenvalue weighted by Gasteiger charge is 2.48. The zero-order valence-electron chi connectivity index (χ0n) is 14.5. The van der Waals surface area contributed by atoms with Crippen LogP contribution in [-0.2, 0) is 17.9 Å². The van der Waals surface area contributed by atoms with E-state index in [-0.39, 0.29) is 42.7 Å². The van der Waals surface area contributed by atoms with Gasteiger partial charge in [-0.05, 0) is 42.2 Å². The molecule has 2 aliphatic carbocycles. The molecule has 8 heteroatoms. The van der Waals surface area contributed by atoms with Crippen LogP contribution in [0.2, 0.25) is 0 Å². The standard InChI is InChI=1S/C18H23N5O.2ClH/c19-17-15-6-5-14(7-15)16(17)18(24)21-8-12-1-3-13(4-2-12)9-23-11-20-10-22-23;;/h1-4,10-11,14-17H,5-9,19H2,(H,21,24);2*1H.